The SMILES string of the molecule is Cc1cccc(-c2c(-c3ccc4ncccc4c3)cnn2Cc2cccc(C#N)c2)n1. The maximum atomic E-state index is 9.24. The molecule has 0 aliphatic heterocycles. The number of nitrogens with zero attached hydrogens (tertiary/aromatic N) is 5. The van der Waals surface area contributed by atoms with Gasteiger partial charge in [0.25, 0.3) is 0 Å². The van der Waals surface area contributed by atoms with Gasteiger partial charge in [-0.1, -0.05) is 30.3 Å². The van der Waals surface area contributed by atoms with Crippen LogP contribution in [0.1, 0.15) is 16.8 Å². The largest absolute Gasteiger partial charge is 0.258 e. The molecule has 0 spiro atoms. The molecule has 0 N–H and O–H groups in total. The molecule has 0 aliphatic carbocycles. The van der Waals surface area contributed by atoms with E-state index in [1.807, 2.05) is 72.4 Å². The van der Waals surface area contributed by atoms with Crippen molar-refractivity contribution >= 4 is 10.9 Å². The van der Waals surface area contributed by atoms with Gasteiger partial charge in [-0.05, 0) is 60.5 Å². The zero-order chi connectivity index (χ0) is 21.2. The lowest BCUT2D eigenvalue weighted by Crippen LogP contribution is -2.05. The molecule has 0 saturated heterocycles. The fourth-order valence-electron chi connectivity index (χ4n) is 3.82. The lowest BCUT2D eigenvalue weighted by molar-refractivity contribution is 0.692. The molecule has 0 saturated carbocycles. The third-order valence-electron chi connectivity index (χ3n) is 5.27. The summed E-state index contributed by atoms with van der Waals surface area (Å²) in [4.78, 5) is 9.20. The minimum absolute atomic E-state index is 0.551. The number of hydrogen-bond donors (Lipinski definition) is 0. The summed E-state index contributed by atoms with van der Waals surface area (Å²) < 4.78 is 1.96. The van der Waals surface area contributed by atoms with Crippen molar-refractivity contribution in [1.29, 1.82) is 5.26 Å². The van der Waals surface area contributed by atoms with E-state index >= 15 is 0 Å². The fraction of sp³-hybridized carbons (Fsp3) is 0.0769. The van der Waals surface area contributed by atoms with E-state index in [0.717, 1.165) is 44.7 Å². The first-order valence-electron chi connectivity index (χ1n) is 10.1. The predicted octanol–water partition coefficient (Wildman–Crippen LogP) is 5.39. The van der Waals surface area contributed by atoms with Gasteiger partial charge < -0.3 is 0 Å². The van der Waals surface area contributed by atoms with Gasteiger partial charge in [-0.2, -0.15) is 10.4 Å². The number of benzene rings is 2. The molecule has 2 aromatic carbocycles. The van der Waals surface area contributed by atoms with E-state index in [1.54, 1.807) is 6.20 Å². The third-order valence-corrected chi connectivity index (χ3v) is 5.27. The summed E-state index contributed by atoms with van der Waals surface area (Å²) in [5.74, 6) is 0. The van der Waals surface area contributed by atoms with E-state index in [-0.39, 0.29) is 0 Å². The Morgan fingerprint density at radius 3 is 2.74 bits per heavy atom. The van der Waals surface area contributed by atoms with Gasteiger partial charge in [0.05, 0.1) is 41.3 Å². The monoisotopic (exact) mass is 401 g/mol. The van der Waals surface area contributed by atoms with Crippen LogP contribution in [0.25, 0.3) is 33.4 Å². The highest BCUT2D eigenvalue weighted by atomic mass is 15.3. The Morgan fingerprint density at radius 2 is 1.87 bits per heavy atom. The maximum Gasteiger partial charge on any atom is 0.0991 e. The molecule has 148 valence electrons. The fourth-order valence-corrected chi connectivity index (χ4v) is 3.82. The molecule has 5 rings (SSSR count). The Bertz CT molecular complexity index is 1440. The molecule has 0 atom stereocenters. The van der Waals surface area contributed by atoms with E-state index in [4.69, 9.17) is 10.1 Å². The molecule has 0 bridgehead atoms. The summed E-state index contributed by atoms with van der Waals surface area (Å²) >= 11 is 0. The number of rotatable bonds is 4. The average molecular weight is 401 g/mol. The minimum Gasteiger partial charge on any atom is -0.258 e. The highest BCUT2D eigenvalue weighted by molar-refractivity contribution is 5.88. The van der Waals surface area contributed by atoms with Crippen LogP contribution in [0.15, 0.2) is 85.2 Å². The molecule has 0 radical (unpaired) electrons. The lowest BCUT2D eigenvalue weighted by atomic mass is 10.0. The number of aromatic nitrogens is 4. The van der Waals surface area contributed by atoms with Crippen molar-refractivity contribution in [2.45, 2.75) is 13.5 Å². The van der Waals surface area contributed by atoms with Gasteiger partial charge in [0.1, 0.15) is 0 Å². The van der Waals surface area contributed by atoms with E-state index in [0.29, 0.717) is 12.1 Å². The summed E-state index contributed by atoms with van der Waals surface area (Å²) in [5, 5.41) is 15.0. The van der Waals surface area contributed by atoms with Crippen molar-refractivity contribution in [2.24, 2.45) is 0 Å². The number of aryl methyl sites for hydroxylation is 1. The molecule has 5 heteroatoms. The molecule has 0 fully saturated rings. The molecule has 0 unspecified atom stereocenters. The van der Waals surface area contributed by atoms with Crippen LogP contribution in [-0.4, -0.2) is 19.7 Å². The van der Waals surface area contributed by atoms with Crippen LogP contribution in [0.3, 0.4) is 0 Å². The second kappa shape index (κ2) is 7.85. The number of nitriles is 1. The topological polar surface area (TPSA) is 67.4 Å². The van der Waals surface area contributed by atoms with Gasteiger partial charge in [0.2, 0.25) is 0 Å². The summed E-state index contributed by atoms with van der Waals surface area (Å²) in [7, 11) is 0. The van der Waals surface area contributed by atoms with Crippen LogP contribution in [0.5, 0.6) is 0 Å². The van der Waals surface area contributed by atoms with E-state index in [1.165, 1.54) is 0 Å². The number of fused-ring (bicyclic) bond motifs is 1. The van der Waals surface area contributed by atoms with Gasteiger partial charge in [-0.15, -0.1) is 0 Å². The third kappa shape index (κ3) is 3.67. The van der Waals surface area contributed by atoms with Crippen molar-refractivity contribution in [3.63, 3.8) is 0 Å². The van der Waals surface area contributed by atoms with Crippen molar-refractivity contribution < 1.29 is 0 Å². The zero-order valence-corrected chi connectivity index (χ0v) is 17.0. The molecule has 3 aromatic heterocycles. The summed E-state index contributed by atoms with van der Waals surface area (Å²) in [6.07, 6.45) is 3.70. The van der Waals surface area contributed by atoms with Crippen LogP contribution >= 0.6 is 0 Å². The number of pyridine rings is 2. The van der Waals surface area contributed by atoms with Gasteiger partial charge in [0.15, 0.2) is 0 Å². The first-order valence-corrected chi connectivity index (χ1v) is 10.1. The highest BCUT2D eigenvalue weighted by Gasteiger charge is 2.17. The maximum absolute atomic E-state index is 9.24. The van der Waals surface area contributed by atoms with E-state index in [9.17, 15) is 5.26 Å². The Balaban J connectivity index is 1.67. The minimum atomic E-state index is 0.551. The van der Waals surface area contributed by atoms with Crippen LogP contribution in [0, 0.1) is 18.3 Å². The molecule has 5 nitrogen and oxygen atoms in total. The summed E-state index contributed by atoms with van der Waals surface area (Å²) in [6, 6.07) is 26.1. The quantitative estimate of drug-likeness (QED) is 0.405. The smallest absolute Gasteiger partial charge is 0.0991 e. The second-order valence-corrected chi connectivity index (χ2v) is 7.45. The average Bonchev–Trinajstić information content (AvgIpc) is 3.22. The Labute approximate surface area is 180 Å². The Hall–Kier alpha value is -4.30. The van der Waals surface area contributed by atoms with Gasteiger partial charge in [-0.25, -0.2) is 0 Å². The standard InChI is InChI=1S/C26H19N5/c1-18-5-2-9-25(30-18)26-23(21-10-11-24-22(14-21)8-4-12-28-24)16-29-31(26)17-20-7-3-6-19(13-20)15-27/h2-14,16H,17H2,1H3. The first-order chi connectivity index (χ1) is 15.2. The molecule has 31 heavy (non-hydrogen) atoms. The lowest BCUT2D eigenvalue weighted by Gasteiger charge is -2.11. The van der Waals surface area contributed by atoms with Crippen molar-refractivity contribution in [1.82, 2.24) is 19.7 Å². The van der Waals surface area contributed by atoms with Gasteiger partial charge in [-0.3, -0.25) is 14.6 Å². The molecule has 0 aliphatic rings. The molecular formula is C26H19N5. The Morgan fingerprint density at radius 1 is 0.968 bits per heavy atom. The van der Waals surface area contributed by atoms with E-state index in [2.05, 4.69) is 29.3 Å². The van der Waals surface area contributed by atoms with Crippen LogP contribution in [0.4, 0.5) is 0 Å². The van der Waals surface area contributed by atoms with Crippen molar-refractivity contribution in [2.75, 3.05) is 0 Å². The molecule has 5 aromatic rings. The van der Waals surface area contributed by atoms with Crippen molar-refractivity contribution in [3.8, 4) is 28.6 Å². The zero-order valence-electron chi connectivity index (χ0n) is 17.0. The summed E-state index contributed by atoms with van der Waals surface area (Å²) in [5.41, 5.74) is 7.47. The molecule has 0 amide bonds. The number of hydrogen-bond acceptors (Lipinski definition) is 4. The van der Waals surface area contributed by atoms with Gasteiger partial charge in [0, 0.05) is 22.8 Å². The van der Waals surface area contributed by atoms with Crippen LogP contribution < -0.4 is 0 Å². The summed E-state index contributed by atoms with van der Waals surface area (Å²) in [6.45, 7) is 2.54. The first kappa shape index (κ1) is 18.7. The van der Waals surface area contributed by atoms with E-state index < -0.39 is 0 Å². The van der Waals surface area contributed by atoms with Gasteiger partial charge >= 0.3 is 0 Å². The van der Waals surface area contributed by atoms with Crippen LogP contribution in [0.2, 0.25) is 0 Å². The normalized spacial score (nSPS) is 10.8. The van der Waals surface area contributed by atoms with Crippen LogP contribution in [-0.2, 0) is 6.54 Å². The Kier molecular flexibility index (Phi) is 4.74. The second-order valence-electron chi connectivity index (χ2n) is 7.45. The molecule has 3 heterocycles. The highest BCUT2D eigenvalue weighted by Crippen LogP contribution is 2.33. The molecular weight excluding hydrogens is 382 g/mol. The predicted molar refractivity (Wildman–Crippen MR) is 121 cm³/mol. The van der Waals surface area contributed by atoms with Crippen molar-refractivity contribution in [3.05, 3.63) is 102 Å².